The maximum atomic E-state index is 12.3. The van der Waals surface area contributed by atoms with Crippen LogP contribution in [0.15, 0.2) is 12.3 Å². The van der Waals surface area contributed by atoms with E-state index in [0.29, 0.717) is 5.78 Å². The Balaban J connectivity index is 1.75. The highest BCUT2D eigenvalue weighted by atomic mass is 16.1. The molecular formula is C13H18N2O. The lowest BCUT2D eigenvalue weighted by atomic mass is 9.96. The van der Waals surface area contributed by atoms with Gasteiger partial charge in [-0.05, 0) is 43.6 Å². The second-order valence-corrected chi connectivity index (χ2v) is 5.23. The number of fused-ring (bicyclic) bond motifs is 1. The third kappa shape index (κ3) is 1.58. The van der Waals surface area contributed by atoms with Crippen molar-refractivity contribution in [3.8, 4) is 0 Å². The van der Waals surface area contributed by atoms with E-state index >= 15 is 0 Å². The van der Waals surface area contributed by atoms with Gasteiger partial charge in [0.1, 0.15) is 5.69 Å². The monoisotopic (exact) mass is 218 g/mol. The Bertz CT molecular complexity index is 400. The number of nitrogens with zero attached hydrogens (tertiary/aromatic N) is 2. The number of hydrogen-bond donors (Lipinski definition) is 0. The van der Waals surface area contributed by atoms with E-state index in [0.717, 1.165) is 43.3 Å². The molecule has 0 amide bonds. The van der Waals surface area contributed by atoms with Gasteiger partial charge in [0.2, 0.25) is 0 Å². The highest BCUT2D eigenvalue weighted by Crippen LogP contribution is 2.54. The number of carbonyl (C=O) groups excluding carboxylic acids is 1. The van der Waals surface area contributed by atoms with Gasteiger partial charge in [-0.1, -0.05) is 6.92 Å². The molecule has 0 bridgehead atoms. The Morgan fingerprint density at radius 2 is 2.19 bits per heavy atom. The number of hydrogen-bond acceptors (Lipinski definition) is 2. The van der Waals surface area contributed by atoms with Gasteiger partial charge in [0.05, 0.1) is 0 Å². The molecule has 0 N–H and O–H groups in total. The van der Waals surface area contributed by atoms with E-state index in [9.17, 15) is 4.79 Å². The molecule has 0 spiro atoms. The fraction of sp³-hybridized carbons (Fsp3) is 0.692. The average Bonchev–Trinajstić information content (AvgIpc) is 2.74. The normalized spacial score (nSPS) is 31.4. The van der Waals surface area contributed by atoms with Crippen LogP contribution in [0.5, 0.6) is 0 Å². The number of carbonyl (C=O) groups is 1. The van der Waals surface area contributed by atoms with Gasteiger partial charge in [0.25, 0.3) is 0 Å². The molecule has 3 rings (SSSR count). The van der Waals surface area contributed by atoms with Gasteiger partial charge in [-0.15, -0.1) is 0 Å². The largest absolute Gasteiger partial charge is 0.292 e. The first-order valence-corrected chi connectivity index (χ1v) is 6.35. The van der Waals surface area contributed by atoms with E-state index in [-0.39, 0.29) is 5.92 Å². The van der Waals surface area contributed by atoms with Crippen molar-refractivity contribution < 1.29 is 4.79 Å². The molecule has 2 unspecified atom stereocenters. The predicted octanol–water partition coefficient (Wildman–Crippen LogP) is 2.52. The van der Waals surface area contributed by atoms with E-state index in [2.05, 4.69) is 12.0 Å². The zero-order valence-electron chi connectivity index (χ0n) is 9.72. The molecule has 86 valence electrons. The molecule has 2 atom stereocenters. The third-order valence-corrected chi connectivity index (χ3v) is 4.02. The van der Waals surface area contributed by atoms with Crippen molar-refractivity contribution in [2.45, 2.75) is 39.2 Å². The Hall–Kier alpha value is -1.12. The van der Waals surface area contributed by atoms with Crippen LogP contribution in [-0.4, -0.2) is 15.6 Å². The van der Waals surface area contributed by atoms with Gasteiger partial charge < -0.3 is 0 Å². The number of aryl methyl sites for hydroxylation is 1. The third-order valence-electron chi connectivity index (χ3n) is 4.02. The first-order valence-electron chi connectivity index (χ1n) is 6.35. The van der Waals surface area contributed by atoms with Gasteiger partial charge in [-0.25, -0.2) is 0 Å². The summed E-state index contributed by atoms with van der Waals surface area (Å²) in [5.74, 6) is 2.36. The summed E-state index contributed by atoms with van der Waals surface area (Å²) in [7, 11) is 0. The van der Waals surface area contributed by atoms with Crippen LogP contribution >= 0.6 is 0 Å². The number of rotatable bonds is 4. The summed E-state index contributed by atoms with van der Waals surface area (Å²) in [5, 5.41) is 4.22. The van der Waals surface area contributed by atoms with Gasteiger partial charge in [0, 0.05) is 18.7 Å². The van der Waals surface area contributed by atoms with Crippen LogP contribution in [0.4, 0.5) is 0 Å². The van der Waals surface area contributed by atoms with Crippen molar-refractivity contribution in [2.75, 3.05) is 0 Å². The minimum atomic E-state index is 0.288. The minimum absolute atomic E-state index is 0.288. The number of ketones is 1. The zero-order chi connectivity index (χ0) is 11.1. The van der Waals surface area contributed by atoms with Crippen molar-refractivity contribution >= 4 is 5.78 Å². The molecule has 2 fully saturated rings. The molecule has 1 aromatic heterocycles. The molecule has 2 aliphatic carbocycles. The van der Waals surface area contributed by atoms with E-state index in [1.807, 2.05) is 10.7 Å². The molecule has 1 heterocycles. The van der Waals surface area contributed by atoms with Crippen LogP contribution in [-0.2, 0) is 6.54 Å². The summed E-state index contributed by atoms with van der Waals surface area (Å²) in [4.78, 5) is 12.3. The summed E-state index contributed by atoms with van der Waals surface area (Å²) < 4.78 is 1.87. The quantitative estimate of drug-likeness (QED) is 0.728. The molecule has 3 heteroatoms. The first kappa shape index (κ1) is 10.1. The van der Waals surface area contributed by atoms with Gasteiger partial charge in [0.15, 0.2) is 5.78 Å². The summed E-state index contributed by atoms with van der Waals surface area (Å²) in [6.45, 7) is 2.97. The second kappa shape index (κ2) is 3.72. The van der Waals surface area contributed by atoms with E-state index in [1.165, 1.54) is 6.42 Å². The topological polar surface area (TPSA) is 34.9 Å². The fourth-order valence-electron chi connectivity index (χ4n) is 3.07. The lowest BCUT2D eigenvalue weighted by molar-refractivity contribution is 0.0903. The Morgan fingerprint density at radius 1 is 1.44 bits per heavy atom. The van der Waals surface area contributed by atoms with Gasteiger partial charge in [-0.3, -0.25) is 9.48 Å². The summed E-state index contributed by atoms with van der Waals surface area (Å²) >= 11 is 0. The molecule has 0 saturated heterocycles. The van der Waals surface area contributed by atoms with Crippen molar-refractivity contribution in [1.82, 2.24) is 9.78 Å². The first-order chi connectivity index (χ1) is 7.79. The number of aromatic nitrogens is 2. The molecule has 0 aromatic carbocycles. The minimum Gasteiger partial charge on any atom is -0.292 e. The van der Waals surface area contributed by atoms with Gasteiger partial charge >= 0.3 is 0 Å². The molecule has 2 aliphatic rings. The van der Waals surface area contributed by atoms with Crippen molar-refractivity contribution in [3.05, 3.63) is 18.0 Å². The number of Topliss-reactive ketones (excluding diaryl/α,β-unsaturated/α-hetero) is 1. The average molecular weight is 218 g/mol. The standard InChI is InChI=1S/C13H18N2O/c1-2-5-15-12(3-4-14-15)13(16)11-7-9-6-10(9)8-11/h3-4,9-11H,2,5-8H2,1H3. The van der Waals surface area contributed by atoms with Gasteiger partial charge in [-0.2, -0.15) is 5.10 Å². The van der Waals surface area contributed by atoms with Crippen LogP contribution in [0, 0.1) is 17.8 Å². The molecule has 3 nitrogen and oxygen atoms in total. The Kier molecular flexibility index (Phi) is 2.34. The molecule has 0 aliphatic heterocycles. The van der Waals surface area contributed by atoms with Crippen molar-refractivity contribution in [1.29, 1.82) is 0 Å². The van der Waals surface area contributed by atoms with Crippen LogP contribution in [0.25, 0.3) is 0 Å². The smallest absolute Gasteiger partial charge is 0.183 e. The predicted molar refractivity (Wildman–Crippen MR) is 61.2 cm³/mol. The maximum absolute atomic E-state index is 12.3. The lowest BCUT2D eigenvalue weighted by Gasteiger charge is -2.11. The summed E-state index contributed by atoms with van der Waals surface area (Å²) in [6.07, 6.45) is 6.40. The second-order valence-electron chi connectivity index (χ2n) is 5.23. The van der Waals surface area contributed by atoms with Crippen LogP contribution in [0.3, 0.4) is 0 Å². The Labute approximate surface area is 95.8 Å². The SMILES string of the molecule is CCCn1nccc1C(=O)C1CC2CC2C1. The van der Waals surface area contributed by atoms with Crippen molar-refractivity contribution in [3.63, 3.8) is 0 Å². The Morgan fingerprint density at radius 3 is 2.88 bits per heavy atom. The zero-order valence-corrected chi connectivity index (χ0v) is 9.72. The summed E-state index contributed by atoms with van der Waals surface area (Å²) in [6, 6.07) is 1.88. The van der Waals surface area contributed by atoms with Crippen molar-refractivity contribution in [2.24, 2.45) is 17.8 Å². The fourth-order valence-corrected chi connectivity index (χ4v) is 3.07. The maximum Gasteiger partial charge on any atom is 0.183 e. The summed E-state index contributed by atoms with van der Waals surface area (Å²) in [5.41, 5.74) is 0.827. The highest BCUT2D eigenvalue weighted by Gasteiger charge is 2.48. The molecule has 2 saturated carbocycles. The lowest BCUT2D eigenvalue weighted by Crippen LogP contribution is -2.18. The molecule has 16 heavy (non-hydrogen) atoms. The molecular weight excluding hydrogens is 200 g/mol. The van der Waals surface area contributed by atoms with E-state index in [4.69, 9.17) is 0 Å². The van der Waals surface area contributed by atoms with Crippen LogP contribution in [0.1, 0.15) is 43.1 Å². The van der Waals surface area contributed by atoms with Crippen LogP contribution in [0.2, 0.25) is 0 Å². The molecule has 1 aromatic rings. The van der Waals surface area contributed by atoms with E-state index in [1.54, 1.807) is 6.20 Å². The molecule has 0 radical (unpaired) electrons. The highest BCUT2D eigenvalue weighted by molar-refractivity contribution is 5.96. The van der Waals surface area contributed by atoms with Crippen LogP contribution < -0.4 is 0 Å². The van der Waals surface area contributed by atoms with E-state index < -0.39 is 0 Å².